The Hall–Kier alpha value is -0.970. The van der Waals surface area contributed by atoms with Gasteiger partial charge < -0.3 is 14.8 Å². The lowest BCUT2D eigenvalue weighted by molar-refractivity contribution is -0.152. The number of rotatable bonds is 3. The average molecular weight is 304 g/mol. The van der Waals surface area contributed by atoms with Crippen molar-refractivity contribution in [3.63, 3.8) is 0 Å². The lowest BCUT2D eigenvalue weighted by atomic mass is 9.58. The van der Waals surface area contributed by atoms with Crippen LogP contribution in [0.15, 0.2) is 0 Å². The lowest BCUT2D eigenvalue weighted by Crippen LogP contribution is -2.58. The minimum atomic E-state index is -0.490. The van der Waals surface area contributed by atoms with Gasteiger partial charge in [-0.25, -0.2) is 4.79 Å². The predicted molar refractivity (Wildman–Crippen MR) is 74.3 cm³/mol. The van der Waals surface area contributed by atoms with Crippen molar-refractivity contribution in [3.05, 3.63) is 0 Å². The zero-order valence-electron chi connectivity index (χ0n) is 12.1. The van der Waals surface area contributed by atoms with Gasteiger partial charge in [-0.05, 0) is 51.9 Å². The largest absolute Gasteiger partial charge is 0.449 e. The van der Waals surface area contributed by atoms with Crippen molar-refractivity contribution in [2.45, 2.75) is 51.7 Å². The highest BCUT2D eigenvalue weighted by atomic mass is 35.5. The third-order valence-electron chi connectivity index (χ3n) is 4.01. The van der Waals surface area contributed by atoms with Gasteiger partial charge in [-0.1, -0.05) is 11.6 Å². The fourth-order valence-electron chi connectivity index (χ4n) is 3.23. The first-order valence-electron chi connectivity index (χ1n) is 7.02. The second-order valence-electron chi connectivity index (χ2n) is 6.67. The van der Waals surface area contributed by atoms with E-state index in [1.165, 1.54) is 0 Å². The molecule has 0 aromatic carbocycles. The van der Waals surface area contributed by atoms with E-state index in [1.807, 2.05) is 20.8 Å². The smallest absolute Gasteiger partial charge is 0.407 e. The Morgan fingerprint density at radius 3 is 2.30 bits per heavy atom. The summed E-state index contributed by atoms with van der Waals surface area (Å²) in [7, 11) is 0. The van der Waals surface area contributed by atoms with E-state index in [2.05, 4.69) is 5.32 Å². The summed E-state index contributed by atoms with van der Waals surface area (Å²) >= 11 is 5.41. The summed E-state index contributed by atoms with van der Waals surface area (Å²) in [6, 6.07) is 0.0365. The topological polar surface area (TPSA) is 64.6 Å². The molecule has 1 amide bonds. The lowest BCUT2D eigenvalue weighted by Gasteiger charge is -2.51. The molecule has 0 aromatic rings. The number of nitrogens with one attached hydrogen (secondary N) is 1. The van der Waals surface area contributed by atoms with Crippen LogP contribution in [0.1, 0.15) is 40.0 Å². The minimum Gasteiger partial charge on any atom is -0.449 e. The van der Waals surface area contributed by atoms with Crippen LogP contribution in [0.25, 0.3) is 0 Å². The molecule has 1 N–H and O–H groups in total. The predicted octanol–water partition coefficient (Wildman–Crippen LogP) is 2.67. The molecule has 5 nitrogen and oxygen atoms in total. The first-order valence-corrected chi connectivity index (χ1v) is 7.55. The van der Waals surface area contributed by atoms with Gasteiger partial charge in [0, 0.05) is 6.04 Å². The summed E-state index contributed by atoms with van der Waals surface area (Å²) in [6.45, 7) is 5.52. The highest BCUT2D eigenvalue weighted by molar-refractivity contribution is 6.17. The number of hydrogen-bond donors (Lipinski definition) is 1. The van der Waals surface area contributed by atoms with Gasteiger partial charge in [0.15, 0.2) is 6.07 Å². The summed E-state index contributed by atoms with van der Waals surface area (Å²) in [5.41, 5.74) is -0.490. The van der Waals surface area contributed by atoms with Gasteiger partial charge in [-0.3, -0.25) is 4.79 Å². The monoisotopic (exact) mass is 303 g/mol. The van der Waals surface area contributed by atoms with E-state index >= 15 is 0 Å². The van der Waals surface area contributed by atoms with E-state index in [1.54, 1.807) is 0 Å². The van der Waals surface area contributed by atoms with Gasteiger partial charge >= 0.3 is 12.1 Å². The molecule has 0 saturated heterocycles. The number of fused-ring (bicyclic) bond motifs is 2. The average Bonchev–Trinajstić information content (AvgIpc) is 2.34. The van der Waals surface area contributed by atoms with E-state index < -0.39 is 5.60 Å². The van der Waals surface area contributed by atoms with Crippen molar-refractivity contribution in [2.24, 2.45) is 17.8 Å². The third kappa shape index (κ3) is 3.57. The molecule has 0 aliphatic heterocycles. The zero-order chi connectivity index (χ0) is 14.9. The van der Waals surface area contributed by atoms with Crippen LogP contribution < -0.4 is 5.32 Å². The second-order valence-corrected chi connectivity index (χ2v) is 6.89. The van der Waals surface area contributed by atoms with Crippen LogP contribution >= 0.6 is 11.6 Å². The van der Waals surface area contributed by atoms with Crippen LogP contribution in [0.5, 0.6) is 0 Å². The van der Waals surface area contributed by atoms with Crippen LogP contribution in [-0.2, 0) is 14.3 Å². The molecule has 3 saturated carbocycles. The first kappa shape index (κ1) is 15.4. The zero-order valence-corrected chi connectivity index (χ0v) is 12.9. The molecule has 2 bridgehead atoms. The molecule has 114 valence electrons. The Labute approximate surface area is 124 Å². The summed E-state index contributed by atoms with van der Waals surface area (Å²) in [4.78, 5) is 23.4. The van der Waals surface area contributed by atoms with Crippen LogP contribution in [0.4, 0.5) is 4.79 Å². The van der Waals surface area contributed by atoms with Gasteiger partial charge in [-0.2, -0.15) is 0 Å². The molecule has 0 aromatic heterocycles. The molecule has 3 rings (SSSR count). The summed E-state index contributed by atoms with van der Waals surface area (Å²) in [5.74, 6) is 0.392. The number of hydrogen-bond acceptors (Lipinski definition) is 4. The molecular weight excluding hydrogens is 282 g/mol. The number of carbonyl (C=O) groups is 2. The highest BCUT2D eigenvalue weighted by Crippen LogP contribution is 2.48. The number of carbonyl (C=O) groups excluding carboxylic acids is 2. The number of esters is 1. The van der Waals surface area contributed by atoms with Crippen molar-refractivity contribution >= 4 is 23.7 Å². The van der Waals surface area contributed by atoms with Crippen LogP contribution in [0.2, 0.25) is 0 Å². The molecule has 3 aliphatic rings. The molecule has 0 spiro atoms. The molecule has 3 aliphatic carbocycles. The quantitative estimate of drug-likeness (QED) is 0.643. The molecule has 6 heteroatoms. The Kier molecular flexibility index (Phi) is 4.47. The Morgan fingerprint density at radius 2 is 1.80 bits per heavy atom. The van der Waals surface area contributed by atoms with Gasteiger partial charge in [0.2, 0.25) is 0 Å². The molecule has 2 unspecified atom stereocenters. The summed E-state index contributed by atoms with van der Waals surface area (Å²) in [6.07, 6.45) is 2.20. The molecule has 3 fully saturated rings. The van der Waals surface area contributed by atoms with Crippen LogP contribution in [-0.4, -0.2) is 29.8 Å². The Morgan fingerprint density at radius 1 is 1.20 bits per heavy atom. The maximum absolute atomic E-state index is 11.8. The van der Waals surface area contributed by atoms with Crippen LogP contribution in [0.3, 0.4) is 0 Å². The standard InChI is InChI=1S/C14H22ClNO4/c1-14(2,3)20-13(18)16-11-8-4-9(11)6-10(5-8)12(17)19-7-15/h8-11H,4-7H2,1-3H3,(H,16,18). The van der Waals surface area contributed by atoms with Crippen LogP contribution in [0, 0.1) is 17.8 Å². The van der Waals surface area contributed by atoms with E-state index in [4.69, 9.17) is 21.1 Å². The van der Waals surface area contributed by atoms with Gasteiger partial charge in [-0.15, -0.1) is 0 Å². The number of ether oxygens (including phenoxy) is 2. The maximum atomic E-state index is 11.8. The minimum absolute atomic E-state index is 0.0748. The molecule has 0 heterocycles. The molecule has 20 heavy (non-hydrogen) atoms. The number of alkyl halides is 1. The normalized spacial score (nSPS) is 32.0. The van der Waals surface area contributed by atoms with Crippen molar-refractivity contribution in [2.75, 3.05) is 6.07 Å². The van der Waals surface area contributed by atoms with Gasteiger partial charge in [0.25, 0.3) is 0 Å². The molecule has 0 radical (unpaired) electrons. The SMILES string of the molecule is CC(C)(C)OC(=O)NC1C2CC(C(=O)OCCl)CC1C2. The second kappa shape index (κ2) is 5.80. The third-order valence-corrected chi connectivity index (χ3v) is 4.12. The van der Waals surface area contributed by atoms with Crippen molar-refractivity contribution in [3.8, 4) is 0 Å². The Balaban J connectivity index is 1.82. The fourth-order valence-corrected chi connectivity index (χ4v) is 3.33. The van der Waals surface area contributed by atoms with Crippen molar-refractivity contribution in [1.29, 1.82) is 0 Å². The fraction of sp³-hybridized carbons (Fsp3) is 0.857. The van der Waals surface area contributed by atoms with E-state index in [9.17, 15) is 9.59 Å². The van der Waals surface area contributed by atoms with E-state index in [0.29, 0.717) is 11.8 Å². The highest BCUT2D eigenvalue weighted by Gasteiger charge is 2.50. The van der Waals surface area contributed by atoms with Crippen molar-refractivity contribution < 1.29 is 19.1 Å². The van der Waals surface area contributed by atoms with E-state index in [-0.39, 0.29) is 30.1 Å². The van der Waals surface area contributed by atoms with Gasteiger partial charge in [0.05, 0.1) is 5.92 Å². The maximum Gasteiger partial charge on any atom is 0.407 e. The number of alkyl carbamates (subject to hydrolysis) is 1. The summed E-state index contributed by atoms with van der Waals surface area (Å²) in [5, 5.41) is 2.93. The first-order chi connectivity index (χ1) is 9.30. The molecule has 2 atom stereocenters. The van der Waals surface area contributed by atoms with E-state index in [0.717, 1.165) is 19.3 Å². The number of amides is 1. The molecular formula is C14H22ClNO4. The summed E-state index contributed by atoms with van der Waals surface area (Å²) < 4.78 is 10.1. The number of halogens is 1. The van der Waals surface area contributed by atoms with Gasteiger partial charge in [0.1, 0.15) is 5.60 Å². The Bertz CT molecular complexity index is 381. The van der Waals surface area contributed by atoms with Crippen molar-refractivity contribution in [1.82, 2.24) is 5.32 Å².